The lowest BCUT2D eigenvalue weighted by Gasteiger charge is -2.25. The van der Waals surface area contributed by atoms with E-state index >= 15 is 0 Å². The number of amides is 1. The Labute approximate surface area is 136 Å². The predicted molar refractivity (Wildman–Crippen MR) is 80.9 cm³/mol. The Morgan fingerprint density at radius 1 is 1.08 bits per heavy atom. The molecule has 0 aromatic heterocycles. The number of benzene rings is 2. The fraction of sp³-hybridized carbons (Fsp3) is 0.278. The third-order valence-electron chi connectivity index (χ3n) is 4.18. The minimum Gasteiger partial charge on any atom is -0.332 e. The minimum atomic E-state index is -4.50. The first-order valence-corrected chi connectivity index (χ1v) is 7.60. The molecule has 24 heavy (non-hydrogen) atoms. The van der Waals surface area contributed by atoms with Crippen LogP contribution in [0.4, 0.5) is 17.6 Å². The van der Waals surface area contributed by atoms with Crippen LogP contribution >= 0.6 is 0 Å². The number of likely N-dealkylation sites (tertiary alicyclic amines) is 1. The maximum atomic E-state index is 13.4. The van der Waals surface area contributed by atoms with Crippen LogP contribution in [0.5, 0.6) is 0 Å². The van der Waals surface area contributed by atoms with Gasteiger partial charge in [0.25, 0.3) is 5.91 Å². The number of carbonyl (C=O) groups is 1. The minimum absolute atomic E-state index is 0.00636. The molecular formula is C18H15F4NO. The van der Waals surface area contributed by atoms with Gasteiger partial charge in [-0.3, -0.25) is 4.79 Å². The summed E-state index contributed by atoms with van der Waals surface area (Å²) in [5.41, 5.74) is -0.198. The highest BCUT2D eigenvalue weighted by Crippen LogP contribution is 2.34. The zero-order valence-corrected chi connectivity index (χ0v) is 12.7. The van der Waals surface area contributed by atoms with Crippen LogP contribution < -0.4 is 0 Å². The van der Waals surface area contributed by atoms with E-state index < -0.39 is 23.5 Å². The summed E-state index contributed by atoms with van der Waals surface area (Å²) in [6, 6.07) is 10.1. The van der Waals surface area contributed by atoms with Gasteiger partial charge in [-0.1, -0.05) is 18.2 Å². The van der Waals surface area contributed by atoms with Gasteiger partial charge < -0.3 is 4.90 Å². The number of carbonyl (C=O) groups excluding carboxylic acids is 1. The van der Waals surface area contributed by atoms with Crippen molar-refractivity contribution < 1.29 is 22.4 Å². The molecule has 3 rings (SSSR count). The highest BCUT2D eigenvalue weighted by molar-refractivity contribution is 5.94. The van der Waals surface area contributed by atoms with Gasteiger partial charge in [0, 0.05) is 12.1 Å². The lowest BCUT2D eigenvalue weighted by atomic mass is 10.0. The topological polar surface area (TPSA) is 20.3 Å². The van der Waals surface area contributed by atoms with Crippen LogP contribution in [0.15, 0.2) is 48.5 Å². The lowest BCUT2D eigenvalue weighted by Crippen LogP contribution is -2.30. The fourth-order valence-electron chi connectivity index (χ4n) is 3.06. The average Bonchev–Trinajstić information content (AvgIpc) is 3.03. The zero-order valence-electron chi connectivity index (χ0n) is 12.7. The second kappa shape index (κ2) is 6.26. The average molecular weight is 337 g/mol. The number of halogens is 4. The first-order valence-electron chi connectivity index (χ1n) is 7.60. The standard InChI is InChI=1S/C18H15F4NO/c19-15-7-2-4-12(11-15)16-8-3-9-23(16)17(24)13-5-1-6-14(10-13)18(20,21)22/h1-2,4-7,10-11,16H,3,8-9H2. The number of nitrogens with zero attached hydrogens (tertiary/aromatic N) is 1. The summed E-state index contributed by atoms with van der Waals surface area (Å²) < 4.78 is 51.9. The van der Waals surface area contributed by atoms with Gasteiger partial charge in [0.1, 0.15) is 5.82 Å². The molecule has 0 aliphatic carbocycles. The molecule has 1 saturated heterocycles. The molecule has 1 atom stereocenters. The smallest absolute Gasteiger partial charge is 0.332 e. The number of alkyl halides is 3. The third-order valence-corrected chi connectivity index (χ3v) is 4.18. The molecule has 0 N–H and O–H groups in total. The molecule has 1 heterocycles. The van der Waals surface area contributed by atoms with Gasteiger partial charge in [-0.05, 0) is 48.7 Å². The van der Waals surface area contributed by atoms with E-state index in [1.54, 1.807) is 12.1 Å². The number of rotatable bonds is 2. The molecule has 2 aromatic carbocycles. The second-order valence-electron chi connectivity index (χ2n) is 5.79. The van der Waals surface area contributed by atoms with Crippen LogP contribution in [0.3, 0.4) is 0 Å². The van der Waals surface area contributed by atoms with E-state index in [4.69, 9.17) is 0 Å². The SMILES string of the molecule is O=C(c1cccc(C(F)(F)F)c1)N1CCCC1c1cccc(F)c1. The first kappa shape index (κ1) is 16.5. The van der Waals surface area contributed by atoms with E-state index in [9.17, 15) is 22.4 Å². The van der Waals surface area contributed by atoms with Gasteiger partial charge in [0.05, 0.1) is 11.6 Å². The van der Waals surface area contributed by atoms with Crippen molar-refractivity contribution in [1.29, 1.82) is 0 Å². The Kier molecular flexibility index (Phi) is 4.30. The van der Waals surface area contributed by atoms with Crippen molar-refractivity contribution in [3.63, 3.8) is 0 Å². The summed E-state index contributed by atoms with van der Waals surface area (Å²) >= 11 is 0. The van der Waals surface area contributed by atoms with E-state index in [-0.39, 0.29) is 11.6 Å². The molecule has 1 aliphatic heterocycles. The van der Waals surface area contributed by atoms with Crippen molar-refractivity contribution in [2.75, 3.05) is 6.54 Å². The molecule has 1 unspecified atom stereocenters. The van der Waals surface area contributed by atoms with Crippen molar-refractivity contribution in [2.24, 2.45) is 0 Å². The van der Waals surface area contributed by atoms with Crippen molar-refractivity contribution in [3.05, 3.63) is 71.0 Å². The Bertz CT molecular complexity index is 757. The number of hydrogen-bond acceptors (Lipinski definition) is 1. The Balaban J connectivity index is 1.89. The fourth-order valence-corrected chi connectivity index (χ4v) is 3.06. The predicted octanol–water partition coefficient (Wildman–Crippen LogP) is 4.82. The van der Waals surface area contributed by atoms with Crippen molar-refractivity contribution in [1.82, 2.24) is 4.90 Å². The lowest BCUT2D eigenvalue weighted by molar-refractivity contribution is -0.137. The molecule has 1 aliphatic rings. The van der Waals surface area contributed by atoms with Crippen LogP contribution in [-0.2, 0) is 6.18 Å². The number of hydrogen-bond donors (Lipinski definition) is 0. The van der Waals surface area contributed by atoms with Crippen LogP contribution in [0.25, 0.3) is 0 Å². The molecule has 2 aromatic rings. The largest absolute Gasteiger partial charge is 0.416 e. The summed E-state index contributed by atoms with van der Waals surface area (Å²) in [6.07, 6.45) is -3.11. The van der Waals surface area contributed by atoms with Crippen LogP contribution in [0.1, 0.15) is 40.4 Å². The Morgan fingerprint density at radius 2 is 1.83 bits per heavy atom. The highest BCUT2D eigenvalue weighted by atomic mass is 19.4. The molecule has 0 radical (unpaired) electrons. The van der Waals surface area contributed by atoms with Gasteiger partial charge in [-0.25, -0.2) is 4.39 Å². The summed E-state index contributed by atoms with van der Waals surface area (Å²) in [7, 11) is 0. The molecule has 126 valence electrons. The molecule has 1 fully saturated rings. The molecule has 6 heteroatoms. The first-order chi connectivity index (χ1) is 11.4. The quantitative estimate of drug-likeness (QED) is 0.719. The van der Waals surface area contributed by atoms with E-state index in [0.29, 0.717) is 18.5 Å². The summed E-state index contributed by atoms with van der Waals surface area (Å²) in [5.74, 6) is -0.862. The van der Waals surface area contributed by atoms with Crippen molar-refractivity contribution in [2.45, 2.75) is 25.1 Å². The van der Waals surface area contributed by atoms with E-state index in [0.717, 1.165) is 18.6 Å². The third kappa shape index (κ3) is 3.27. The van der Waals surface area contributed by atoms with Crippen molar-refractivity contribution >= 4 is 5.91 Å². The zero-order chi connectivity index (χ0) is 17.3. The van der Waals surface area contributed by atoms with Gasteiger partial charge >= 0.3 is 6.18 Å². The molecule has 0 spiro atoms. The van der Waals surface area contributed by atoms with E-state index in [2.05, 4.69) is 0 Å². The van der Waals surface area contributed by atoms with E-state index in [1.807, 2.05) is 0 Å². The molecule has 2 nitrogen and oxygen atoms in total. The van der Waals surface area contributed by atoms with Crippen LogP contribution in [0.2, 0.25) is 0 Å². The summed E-state index contributed by atoms with van der Waals surface area (Å²) in [5, 5.41) is 0. The monoisotopic (exact) mass is 337 g/mol. The summed E-state index contributed by atoms with van der Waals surface area (Å²) in [6.45, 7) is 0.441. The maximum Gasteiger partial charge on any atom is 0.416 e. The molecule has 0 saturated carbocycles. The van der Waals surface area contributed by atoms with Crippen LogP contribution in [0, 0.1) is 5.82 Å². The van der Waals surface area contributed by atoms with E-state index in [1.165, 1.54) is 29.2 Å². The maximum absolute atomic E-state index is 13.4. The summed E-state index contributed by atoms with van der Waals surface area (Å²) in [4.78, 5) is 14.2. The van der Waals surface area contributed by atoms with Gasteiger partial charge in [-0.15, -0.1) is 0 Å². The van der Waals surface area contributed by atoms with Crippen LogP contribution in [-0.4, -0.2) is 17.4 Å². The Morgan fingerprint density at radius 3 is 2.54 bits per heavy atom. The molecular weight excluding hydrogens is 322 g/mol. The Hall–Kier alpha value is -2.37. The molecule has 1 amide bonds. The van der Waals surface area contributed by atoms with Gasteiger partial charge in [0.15, 0.2) is 0 Å². The normalized spacial score (nSPS) is 18.0. The molecule has 0 bridgehead atoms. The van der Waals surface area contributed by atoms with Crippen molar-refractivity contribution in [3.8, 4) is 0 Å². The van der Waals surface area contributed by atoms with Gasteiger partial charge in [-0.2, -0.15) is 13.2 Å². The highest BCUT2D eigenvalue weighted by Gasteiger charge is 2.34. The van der Waals surface area contributed by atoms with Gasteiger partial charge in [0.2, 0.25) is 0 Å². The second-order valence-corrected chi connectivity index (χ2v) is 5.79.